The number of nitro groups is 1. The van der Waals surface area contributed by atoms with Crippen LogP contribution in [0.2, 0.25) is 0 Å². The van der Waals surface area contributed by atoms with Crippen molar-refractivity contribution in [1.82, 2.24) is 0 Å². The van der Waals surface area contributed by atoms with E-state index in [-0.39, 0.29) is 17.2 Å². The molecule has 0 unspecified atom stereocenters. The Morgan fingerprint density at radius 1 is 0.931 bits per heavy atom. The van der Waals surface area contributed by atoms with E-state index >= 15 is 0 Å². The topological polar surface area (TPSA) is 114 Å². The van der Waals surface area contributed by atoms with Crippen molar-refractivity contribution >= 4 is 23.0 Å². The maximum atomic E-state index is 12.2. The van der Waals surface area contributed by atoms with Gasteiger partial charge in [-0.3, -0.25) is 10.1 Å². The van der Waals surface area contributed by atoms with Gasteiger partial charge in [0.15, 0.2) is 0 Å². The SMILES string of the molecule is Cc1cc(N=Nc2ccc(C(=O)Oc3ccc([N+](=O)[O-])cc3)cc2)cc(C)c1O. The monoisotopic (exact) mass is 391 g/mol. The van der Waals surface area contributed by atoms with E-state index < -0.39 is 10.9 Å². The Bertz CT molecular complexity index is 1070. The Morgan fingerprint density at radius 2 is 1.48 bits per heavy atom. The summed E-state index contributed by atoms with van der Waals surface area (Å²) in [6.07, 6.45) is 0. The van der Waals surface area contributed by atoms with E-state index in [0.717, 1.165) is 0 Å². The number of benzene rings is 3. The Labute approximate surface area is 166 Å². The van der Waals surface area contributed by atoms with Crippen LogP contribution in [-0.4, -0.2) is 16.0 Å². The number of carbonyl (C=O) groups excluding carboxylic acids is 1. The molecular weight excluding hydrogens is 374 g/mol. The number of esters is 1. The number of hydrogen-bond donors (Lipinski definition) is 1. The Balaban J connectivity index is 1.67. The predicted octanol–water partition coefficient (Wildman–Crippen LogP) is 5.55. The Hall–Kier alpha value is -4.07. The Morgan fingerprint density at radius 3 is 2.03 bits per heavy atom. The zero-order valence-corrected chi connectivity index (χ0v) is 15.7. The molecule has 0 aliphatic rings. The summed E-state index contributed by atoms with van der Waals surface area (Å²) in [5.74, 6) is -0.144. The molecule has 0 fully saturated rings. The van der Waals surface area contributed by atoms with E-state index in [1.54, 1.807) is 50.2 Å². The summed E-state index contributed by atoms with van der Waals surface area (Å²) in [7, 11) is 0. The molecule has 0 aliphatic carbocycles. The number of phenolic OH excluding ortho intramolecular Hbond substituents is 1. The van der Waals surface area contributed by atoms with Gasteiger partial charge in [-0.25, -0.2) is 4.79 Å². The quantitative estimate of drug-likeness (QED) is 0.201. The van der Waals surface area contributed by atoms with Crippen LogP contribution >= 0.6 is 0 Å². The molecule has 146 valence electrons. The van der Waals surface area contributed by atoms with E-state index in [0.29, 0.717) is 28.1 Å². The molecular formula is C21H17N3O5. The van der Waals surface area contributed by atoms with E-state index in [4.69, 9.17) is 4.74 Å². The maximum absolute atomic E-state index is 12.2. The second kappa shape index (κ2) is 8.30. The molecule has 0 aromatic heterocycles. The van der Waals surface area contributed by atoms with E-state index in [9.17, 15) is 20.0 Å². The molecule has 29 heavy (non-hydrogen) atoms. The van der Waals surface area contributed by atoms with Gasteiger partial charge < -0.3 is 9.84 Å². The smallest absolute Gasteiger partial charge is 0.343 e. The first kappa shape index (κ1) is 19.7. The fraction of sp³-hybridized carbons (Fsp3) is 0.0952. The average Bonchev–Trinajstić information content (AvgIpc) is 2.71. The zero-order chi connectivity index (χ0) is 21.0. The standard InChI is InChI=1S/C21H17N3O5/c1-13-11-17(12-14(2)20(13)25)23-22-16-5-3-15(4-6-16)21(26)29-19-9-7-18(8-10-19)24(27)28/h3-12,25H,1-2H3. The van der Waals surface area contributed by atoms with Crippen molar-refractivity contribution in [3.05, 3.63) is 87.5 Å². The number of hydrogen-bond acceptors (Lipinski definition) is 7. The van der Waals surface area contributed by atoms with Gasteiger partial charge in [0.1, 0.15) is 11.5 Å². The van der Waals surface area contributed by atoms with Crippen LogP contribution in [0.25, 0.3) is 0 Å². The number of aromatic hydroxyl groups is 1. The molecule has 0 aliphatic heterocycles. The molecule has 8 heteroatoms. The van der Waals surface area contributed by atoms with Gasteiger partial charge in [0.05, 0.1) is 21.9 Å². The molecule has 0 saturated carbocycles. The molecule has 0 bridgehead atoms. The van der Waals surface area contributed by atoms with Crippen molar-refractivity contribution in [3.8, 4) is 11.5 Å². The maximum Gasteiger partial charge on any atom is 0.343 e. The lowest BCUT2D eigenvalue weighted by Crippen LogP contribution is -2.08. The van der Waals surface area contributed by atoms with Gasteiger partial charge in [0.25, 0.3) is 5.69 Å². The highest BCUT2D eigenvalue weighted by Gasteiger charge is 2.10. The van der Waals surface area contributed by atoms with Crippen molar-refractivity contribution in [1.29, 1.82) is 0 Å². The van der Waals surface area contributed by atoms with Crippen molar-refractivity contribution in [2.45, 2.75) is 13.8 Å². The molecule has 0 radical (unpaired) electrons. The molecule has 0 saturated heterocycles. The van der Waals surface area contributed by atoms with Crippen LogP contribution in [0.5, 0.6) is 11.5 Å². The van der Waals surface area contributed by atoms with Crippen LogP contribution in [0.15, 0.2) is 70.9 Å². The van der Waals surface area contributed by atoms with Crippen molar-refractivity contribution in [3.63, 3.8) is 0 Å². The fourth-order valence-electron chi connectivity index (χ4n) is 2.57. The van der Waals surface area contributed by atoms with Gasteiger partial charge in [0, 0.05) is 12.1 Å². The molecule has 3 rings (SSSR count). The summed E-state index contributed by atoms with van der Waals surface area (Å²) in [6, 6.07) is 15.0. The minimum Gasteiger partial charge on any atom is -0.507 e. The highest BCUT2D eigenvalue weighted by atomic mass is 16.6. The van der Waals surface area contributed by atoms with Crippen LogP contribution in [0.1, 0.15) is 21.5 Å². The van der Waals surface area contributed by atoms with Crippen molar-refractivity contribution in [2.75, 3.05) is 0 Å². The van der Waals surface area contributed by atoms with Crippen LogP contribution in [0.3, 0.4) is 0 Å². The second-order valence-corrected chi connectivity index (χ2v) is 6.32. The summed E-state index contributed by atoms with van der Waals surface area (Å²) < 4.78 is 5.20. The first-order valence-corrected chi connectivity index (χ1v) is 8.62. The summed E-state index contributed by atoms with van der Waals surface area (Å²) in [5, 5.41) is 28.7. The first-order valence-electron chi connectivity index (χ1n) is 8.62. The number of nitro benzene ring substituents is 1. The van der Waals surface area contributed by atoms with Gasteiger partial charge >= 0.3 is 5.97 Å². The third-order valence-corrected chi connectivity index (χ3v) is 4.12. The number of rotatable bonds is 5. The Kier molecular flexibility index (Phi) is 5.64. The number of phenols is 1. The van der Waals surface area contributed by atoms with Gasteiger partial charge in [-0.05, 0) is 73.5 Å². The molecule has 0 amide bonds. The number of ether oxygens (including phenoxy) is 1. The summed E-state index contributed by atoms with van der Waals surface area (Å²) in [5.41, 5.74) is 2.79. The number of nitrogens with zero attached hydrogens (tertiary/aromatic N) is 3. The lowest BCUT2D eigenvalue weighted by molar-refractivity contribution is -0.384. The average molecular weight is 391 g/mol. The number of carbonyl (C=O) groups is 1. The number of aryl methyl sites for hydroxylation is 2. The molecule has 0 heterocycles. The zero-order valence-electron chi connectivity index (χ0n) is 15.7. The van der Waals surface area contributed by atoms with E-state index in [2.05, 4.69) is 10.2 Å². The molecule has 1 N–H and O–H groups in total. The molecule has 0 spiro atoms. The normalized spacial score (nSPS) is 10.8. The van der Waals surface area contributed by atoms with Crippen molar-refractivity contribution < 1.29 is 19.6 Å². The summed E-state index contributed by atoms with van der Waals surface area (Å²) in [4.78, 5) is 22.3. The van der Waals surface area contributed by atoms with E-state index in [1.165, 1.54) is 24.3 Å². The van der Waals surface area contributed by atoms with Gasteiger partial charge in [-0.2, -0.15) is 10.2 Å². The van der Waals surface area contributed by atoms with Crippen LogP contribution in [0, 0.1) is 24.0 Å². The fourth-order valence-corrected chi connectivity index (χ4v) is 2.57. The lowest BCUT2D eigenvalue weighted by atomic mass is 10.1. The highest BCUT2D eigenvalue weighted by Crippen LogP contribution is 2.28. The third kappa shape index (κ3) is 4.81. The molecule has 3 aromatic rings. The van der Waals surface area contributed by atoms with Crippen LogP contribution in [-0.2, 0) is 0 Å². The summed E-state index contributed by atoms with van der Waals surface area (Å²) in [6.45, 7) is 3.57. The van der Waals surface area contributed by atoms with Crippen LogP contribution in [0.4, 0.5) is 17.1 Å². The minimum atomic E-state index is -0.591. The number of non-ortho nitro benzene ring substituents is 1. The largest absolute Gasteiger partial charge is 0.507 e. The second-order valence-electron chi connectivity index (χ2n) is 6.32. The first-order chi connectivity index (χ1) is 13.8. The lowest BCUT2D eigenvalue weighted by Gasteiger charge is -2.05. The van der Waals surface area contributed by atoms with Gasteiger partial charge in [-0.15, -0.1) is 0 Å². The molecule has 3 aromatic carbocycles. The van der Waals surface area contributed by atoms with Gasteiger partial charge in [0.2, 0.25) is 0 Å². The number of azo groups is 1. The summed E-state index contributed by atoms with van der Waals surface area (Å²) >= 11 is 0. The molecule has 0 atom stereocenters. The van der Waals surface area contributed by atoms with Gasteiger partial charge in [-0.1, -0.05) is 0 Å². The molecule has 8 nitrogen and oxygen atoms in total. The van der Waals surface area contributed by atoms with E-state index in [1.807, 2.05) is 0 Å². The highest BCUT2D eigenvalue weighted by molar-refractivity contribution is 5.91. The van der Waals surface area contributed by atoms with Crippen LogP contribution < -0.4 is 4.74 Å². The van der Waals surface area contributed by atoms with Crippen molar-refractivity contribution in [2.24, 2.45) is 10.2 Å². The minimum absolute atomic E-state index is 0.0847. The third-order valence-electron chi connectivity index (χ3n) is 4.12. The predicted molar refractivity (Wildman–Crippen MR) is 106 cm³/mol.